The summed E-state index contributed by atoms with van der Waals surface area (Å²) in [5.74, 6) is 0. The Morgan fingerprint density at radius 2 is 2.36 bits per heavy atom. The molecule has 0 aromatic rings. The molecule has 0 aromatic carbocycles. The van der Waals surface area contributed by atoms with Crippen molar-refractivity contribution < 1.29 is 9.53 Å². The second-order valence-electron chi connectivity index (χ2n) is 3.31. The summed E-state index contributed by atoms with van der Waals surface area (Å²) >= 11 is 0. The van der Waals surface area contributed by atoms with Crippen LogP contribution in [0.5, 0.6) is 0 Å². The number of methoxy groups -OCH3 is 1. The molecule has 11 heavy (non-hydrogen) atoms. The molecule has 3 heteroatoms. The van der Waals surface area contributed by atoms with Crippen LogP contribution in [0.15, 0.2) is 0 Å². The second kappa shape index (κ2) is 3.32. The number of hydrogen-bond acceptors (Lipinski definition) is 3. The Morgan fingerprint density at radius 1 is 1.73 bits per heavy atom. The van der Waals surface area contributed by atoms with Crippen LogP contribution >= 0.6 is 0 Å². The first-order valence-corrected chi connectivity index (χ1v) is 3.97. The molecule has 0 spiro atoms. The van der Waals surface area contributed by atoms with Crippen LogP contribution in [0.1, 0.15) is 25.7 Å². The number of carbonyl (C=O) groups is 1. The molecule has 0 aliphatic heterocycles. The van der Waals surface area contributed by atoms with Crippen LogP contribution in [-0.2, 0) is 9.53 Å². The molecule has 0 saturated heterocycles. The fourth-order valence-electron chi connectivity index (χ4n) is 1.08. The third-order valence-corrected chi connectivity index (χ3v) is 2.27. The van der Waals surface area contributed by atoms with Gasteiger partial charge in [-0.3, -0.25) is 0 Å². The molecule has 2 N–H and O–H groups in total. The molecule has 1 atom stereocenters. The van der Waals surface area contributed by atoms with Crippen LogP contribution in [0.2, 0.25) is 0 Å². The van der Waals surface area contributed by atoms with E-state index in [-0.39, 0.29) is 11.6 Å². The molecule has 0 heterocycles. The minimum atomic E-state index is -0.254. The van der Waals surface area contributed by atoms with Crippen molar-refractivity contribution in [3.63, 3.8) is 0 Å². The highest BCUT2D eigenvalue weighted by molar-refractivity contribution is 5.55. The highest BCUT2D eigenvalue weighted by atomic mass is 16.5. The first-order chi connectivity index (χ1) is 5.20. The van der Waals surface area contributed by atoms with Crippen LogP contribution in [0.4, 0.5) is 0 Å². The summed E-state index contributed by atoms with van der Waals surface area (Å²) in [6.07, 6.45) is 4.45. The maximum atomic E-state index is 10.3. The summed E-state index contributed by atoms with van der Waals surface area (Å²) in [6, 6.07) is 0. The molecular formula is C8H15NO2. The van der Waals surface area contributed by atoms with E-state index in [4.69, 9.17) is 10.5 Å². The van der Waals surface area contributed by atoms with Gasteiger partial charge in [-0.2, -0.15) is 0 Å². The lowest BCUT2D eigenvalue weighted by atomic mass is 10.1. The zero-order chi connectivity index (χ0) is 8.32. The van der Waals surface area contributed by atoms with Gasteiger partial charge in [0, 0.05) is 12.6 Å². The Bertz CT molecular complexity index is 143. The fourth-order valence-corrected chi connectivity index (χ4v) is 1.08. The third-order valence-electron chi connectivity index (χ3n) is 2.27. The molecule has 1 rings (SSSR count). The van der Waals surface area contributed by atoms with Crippen LogP contribution in [-0.4, -0.2) is 25.0 Å². The maximum Gasteiger partial charge on any atom is 0.148 e. The Hall–Kier alpha value is -0.410. The lowest BCUT2D eigenvalue weighted by Gasteiger charge is -2.11. The van der Waals surface area contributed by atoms with E-state index in [2.05, 4.69) is 0 Å². The Balaban J connectivity index is 2.14. The quantitative estimate of drug-likeness (QED) is 0.590. The van der Waals surface area contributed by atoms with E-state index in [1.54, 1.807) is 7.11 Å². The summed E-state index contributed by atoms with van der Waals surface area (Å²) in [7, 11) is 1.55. The Labute approximate surface area is 66.9 Å². The van der Waals surface area contributed by atoms with Gasteiger partial charge in [-0.1, -0.05) is 0 Å². The van der Waals surface area contributed by atoms with Gasteiger partial charge in [0.15, 0.2) is 0 Å². The van der Waals surface area contributed by atoms with Gasteiger partial charge in [0.05, 0.1) is 0 Å². The Morgan fingerprint density at radius 3 is 2.73 bits per heavy atom. The number of carbonyl (C=O) groups excluding carboxylic acids is 1. The van der Waals surface area contributed by atoms with Crippen molar-refractivity contribution in [3.8, 4) is 0 Å². The minimum Gasteiger partial charge on any atom is -0.374 e. The van der Waals surface area contributed by atoms with E-state index in [0.29, 0.717) is 0 Å². The van der Waals surface area contributed by atoms with Gasteiger partial charge in [-0.05, 0) is 25.7 Å². The Kier molecular flexibility index (Phi) is 2.62. The topological polar surface area (TPSA) is 52.3 Å². The predicted octanol–water partition coefficient (Wildman–Crippen LogP) is 0.472. The van der Waals surface area contributed by atoms with Gasteiger partial charge in [0.2, 0.25) is 0 Å². The molecule has 1 aliphatic carbocycles. The van der Waals surface area contributed by atoms with Gasteiger partial charge in [0.1, 0.15) is 12.4 Å². The summed E-state index contributed by atoms with van der Waals surface area (Å²) in [5.41, 5.74) is 5.87. The number of aldehydes is 1. The lowest BCUT2D eigenvalue weighted by Crippen LogP contribution is -2.24. The number of rotatable bonds is 5. The van der Waals surface area contributed by atoms with E-state index >= 15 is 0 Å². The SMILES string of the molecule is COC(C=O)CCC1(N)CC1. The van der Waals surface area contributed by atoms with Crippen molar-refractivity contribution in [3.05, 3.63) is 0 Å². The van der Waals surface area contributed by atoms with Crippen molar-refractivity contribution in [2.75, 3.05) is 7.11 Å². The zero-order valence-electron chi connectivity index (χ0n) is 6.88. The van der Waals surface area contributed by atoms with Crippen molar-refractivity contribution in [2.45, 2.75) is 37.3 Å². The first kappa shape index (κ1) is 8.68. The summed E-state index contributed by atoms with van der Waals surface area (Å²) < 4.78 is 4.90. The number of nitrogens with two attached hydrogens (primary N) is 1. The van der Waals surface area contributed by atoms with Crippen LogP contribution in [0.3, 0.4) is 0 Å². The van der Waals surface area contributed by atoms with Gasteiger partial charge in [-0.25, -0.2) is 0 Å². The average Bonchev–Trinajstić information content (AvgIpc) is 2.71. The van der Waals surface area contributed by atoms with E-state index in [1.165, 1.54) is 0 Å². The number of ether oxygens (including phenoxy) is 1. The predicted molar refractivity (Wildman–Crippen MR) is 42.2 cm³/mol. The monoisotopic (exact) mass is 157 g/mol. The molecule has 0 radical (unpaired) electrons. The van der Waals surface area contributed by atoms with E-state index < -0.39 is 0 Å². The fraction of sp³-hybridized carbons (Fsp3) is 0.875. The largest absolute Gasteiger partial charge is 0.374 e. The molecule has 0 bridgehead atoms. The summed E-state index contributed by atoms with van der Waals surface area (Å²) in [4.78, 5) is 10.3. The third kappa shape index (κ3) is 2.60. The second-order valence-corrected chi connectivity index (χ2v) is 3.31. The molecule has 64 valence electrons. The molecule has 1 saturated carbocycles. The van der Waals surface area contributed by atoms with E-state index in [1.807, 2.05) is 0 Å². The van der Waals surface area contributed by atoms with Gasteiger partial charge in [0.25, 0.3) is 0 Å². The highest BCUT2D eigenvalue weighted by Crippen LogP contribution is 2.36. The number of hydrogen-bond donors (Lipinski definition) is 1. The average molecular weight is 157 g/mol. The molecule has 3 nitrogen and oxygen atoms in total. The standard InChI is InChI=1S/C8H15NO2/c1-11-7(6-10)2-3-8(9)4-5-8/h6-7H,2-5,9H2,1H3. The summed E-state index contributed by atoms with van der Waals surface area (Å²) in [5, 5.41) is 0. The minimum absolute atomic E-state index is 0.0415. The molecule has 1 fully saturated rings. The molecule has 1 aliphatic rings. The van der Waals surface area contributed by atoms with E-state index in [0.717, 1.165) is 32.0 Å². The van der Waals surface area contributed by atoms with Gasteiger partial charge < -0.3 is 15.3 Å². The molecular weight excluding hydrogens is 142 g/mol. The smallest absolute Gasteiger partial charge is 0.148 e. The highest BCUT2D eigenvalue weighted by Gasteiger charge is 2.37. The van der Waals surface area contributed by atoms with Crippen molar-refractivity contribution in [1.82, 2.24) is 0 Å². The van der Waals surface area contributed by atoms with Crippen molar-refractivity contribution >= 4 is 6.29 Å². The van der Waals surface area contributed by atoms with Crippen LogP contribution in [0, 0.1) is 0 Å². The van der Waals surface area contributed by atoms with Crippen LogP contribution < -0.4 is 5.73 Å². The molecule has 1 unspecified atom stereocenters. The summed E-state index contributed by atoms with van der Waals surface area (Å²) in [6.45, 7) is 0. The van der Waals surface area contributed by atoms with Crippen molar-refractivity contribution in [2.24, 2.45) is 5.73 Å². The maximum absolute atomic E-state index is 10.3. The first-order valence-electron chi connectivity index (χ1n) is 3.97. The van der Waals surface area contributed by atoms with Crippen molar-refractivity contribution in [1.29, 1.82) is 0 Å². The molecule has 0 amide bonds. The lowest BCUT2D eigenvalue weighted by molar-refractivity contribution is -0.116. The van der Waals surface area contributed by atoms with Gasteiger partial charge in [-0.15, -0.1) is 0 Å². The zero-order valence-corrected chi connectivity index (χ0v) is 6.88. The van der Waals surface area contributed by atoms with Gasteiger partial charge >= 0.3 is 0 Å². The van der Waals surface area contributed by atoms with Crippen LogP contribution in [0.25, 0.3) is 0 Å². The van der Waals surface area contributed by atoms with E-state index in [9.17, 15) is 4.79 Å². The normalized spacial score (nSPS) is 22.7. The molecule has 0 aromatic heterocycles.